The Morgan fingerprint density at radius 3 is 1.97 bits per heavy atom. The molecule has 1 unspecified atom stereocenters. The Bertz CT molecular complexity index is 999. The number of amides is 1. The second-order valence-corrected chi connectivity index (χ2v) is 7.69. The quantitative estimate of drug-likeness (QED) is 0.490. The van der Waals surface area contributed by atoms with Crippen molar-refractivity contribution in [3.8, 4) is 11.1 Å². The topological polar surface area (TPSA) is 92.4 Å². The number of benzene rings is 3. The molecule has 31 heavy (non-hydrogen) atoms. The van der Waals surface area contributed by atoms with Crippen molar-refractivity contribution in [2.45, 2.75) is 38.3 Å². The van der Waals surface area contributed by atoms with Crippen molar-refractivity contribution < 1.29 is 14.7 Å². The zero-order valence-electron chi connectivity index (χ0n) is 17.6. The molecule has 5 nitrogen and oxygen atoms in total. The fourth-order valence-corrected chi connectivity index (χ4v) is 3.45. The minimum absolute atomic E-state index is 0.0233. The van der Waals surface area contributed by atoms with E-state index in [4.69, 9.17) is 10.8 Å². The smallest absolute Gasteiger partial charge is 0.320 e. The van der Waals surface area contributed by atoms with Crippen molar-refractivity contribution >= 4 is 11.9 Å². The Morgan fingerprint density at radius 2 is 1.39 bits per heavy atom. The highest BCUT2D eigenvalue weighted by Gasteiger charge is 2.15. The molecule has 0 radical (unpaired) electrons. The van der Waals surface area contributed by atoms with Gasteiger partial charge in [0.25, 0.3) is 5.91 Å². The van der Waals surface area contributed by atoms with Crippen molar-refractivity contribution in [1.29, 1.82) is 0 Å². The predicted molar refractivity (Wildman–Crippen MR) is 123 cm³/mol. The van der Waals surface area contributed by atoms with E-state index in [1.165, 1.54) is 16.7 Å². The molecule has 3 aromatic carbocycles. The van der Waals surface area contributed by atoms with Crippen LogP contribution >= 0.6 is 0 Å². The minimum atomic E-state index is -1.04. The summed E-state index contributed by atoms with van der Waals surface area (Å²) >= 11 is 0. The van der Waals surface area contributed by atoms with E-state index in [0.717, 1.165) is 18.4 Å². The molecule has 5 heteroatoms. The van der Waals surface area contributed by atoms with Crippen LogP contribution < -0.4 is 11.1 Å². The monoisotopic (exact) mass is 416 g/mol. The molecule has 3 rings (SSSR count). The molecule has 0 saturated heterocycles. The van der Waals surface area contributed by atoms with Crippen LogP contribution in [0.1, 0.15) is 34.8 Å². The number of nitrogens with two attached hydrogens (primary N) is 1. The van der Waals surface area contributed by atoms with E-state index in [2.05, 4.69) is 48.6 Å². The zero-order valence-corrected chi connectivity index (χ0v) is 17.6. The third-order valence-electron chi connectivity index (χ3n) is 5.36. The molecule has 0 fully saturated rings. The third kappa shape index (κ3) is 6.27. The summed E-state index contributed by atoms with van der Waals surface area (Å²) in [6.07, 6.45) is 1.80. The van der Waals surface area contributed by atoms with Crippen LogP contribution in [0.15, 0.2) is 78.9 Å². The number of carboxylic acids is 1. The highest BCUT2D eigenvalue weighted by atomic mass is 16.4. The van der Waals surface area contributed by atoms with E-state index in [1.54, 1.807) is 24.3 Å². The Hall–Kier alpha value is -3.44. The summed E-state index contributed by atoms with van der Waals surface area (Å²) in [5, 5.41) is 12.0. The number of nitrogens with one attached hydrogen (secondary N) is 1. The number of aliphatic carboxylic acids is 1. The van der Waals surface area contributed by atoms with Gasteiger partial charge in [-0.3, -0.25) is 9.59 Å². The van der Waals surface area contributed by atoms with Gasteiger partial charge in [-0.2, -0.15) is 0 Å². The zero-order chi connectivity index (χ0) is 22.2. The maximum atomic E-state index is 12.7. The Kier molecular flexibility index (Phi) is 7.57. The van der Waals surface area contributed by atoms with Gasteiger partial charge in [0.1, 0.15) is 6.04 Å². The first-order valence-corrected chi connectivity index (χ1v) is 10.5. The Morgan fingerprint density at radius 1 is 0.839 bits per heavy atom. The minimum Gasteiger partial charge on any atom is -0.480 e. The normalized spacial score (nSPS) is 12.7. The van der Waals surface area contributed by atoms with Crippen LogP contribution in [0.4, 0.5) is 0 Å². The highest BCUT2D eigenvalue weighted by molar-refractivity contribution is 5.94. The molecule has 0 aliphatic heterocycles. The van der Waals surface area contributed by atoms with E-state index in [9.17, 15) is 9.59 Å². The van der Waals surface area contributed by atoms with Crippen LogP contribution in [0.2, 0.25) is 0 Å². The molecule has 0 aliphatic rings. The lowest BCUT2D eigenvalue weighted by Gasteiger charge is -2.18. The van der Waals surface area contributed by atoms with Gasteiger partial charge >= 0.3 is 5.97 Å². The molecule has 2 atom stereocenters. The van der Waals surface area contributed by atoms with Crippen LogP contribution in [0.3, 0.4) is 0 Å². The molecule has 1 amide bonds. The lowest BCUT2D eigenvalue weighted by Crippen LogP contribution is -2.36. The molecule has 4 N–H and O–H groups in total. The number of carboxylic acid groups (broad SMARTS) is 1. The maximum Gasteiger partial charge on any atom is 0.320 e. The van der Waals surface area contributed by atoms with E-state index in [1.807, 2.05) is 18.2 Å². The summed E-state index contributed by atoms with van der Waals surface area (Å²) in [4.78, 5) is 23.5. The molecule has 0 aromatic heterocycles. The van der Waals surface area contributed by atoms with Gasteiger partial charge in [0.15, 0.2) is 0 Å². The molecule has 3 aromatic rings. The lowest BCUT2D eigenvalue weighted by molar-refractivity contribution is -0.138. The SMILES string of the molecule is CCC(Cc1ccc(-c2ccccc2)cc1)NC(=O)c1ccc(C[C@H](N)C(=O)O)cc1. The average Bonchev–Trinajstić information content (AvgIpc) is 2.80. The van der Waals surface area contributed by atoms with Crippen molar-refractivity contribution in [2.75, 3.05) is 0 Å². The standard InChI is InChI=1S/C26H28N2O3/c1-2-23(16-18-8-12-21(13-9-18)20-6-4-3-5-7-20)28-25(29)22-14-10-19(11-15-22)17-24(27)26(30)31/h3-15,23-24H,2,16-17,27H2,1H3,(H,28,29)(H,30,31)/t23?,24-/m0/s1. The first-order chi connectivity index (χ1) is 15.0. The second kappa shape index (κ2) is 10.5. The van der Waals surface area contributed by atoms with Gasteiger partial charge in [-0.1, -0.05) is 73.7 Å². The van der Waals surface area contributed by atoms with Crippen molar-refractivity contribution in [2.24, 2.45) is 5.73 Å². The third-order valence-corrected chi connectivity index (χ3v) is 5.36. The van der Waals surface area contributed by atoms with Gasteiger partial charge in [-0.25, -0.2) is 0 Å². The summed E-state index contributed by atoms with van der Waals surface area (Å²) in [6.45, 7) is 2.06. The largest absolute Gasteiger partial charge is 0.480 e. The van der Waals surface area contributed by atoms with Crippen molar-refractivity contribution in [3.05, 3.63) is 95.6 Å². The van der Waals surface area contributed by atoms with Gasteiger partial charge in [0, 0.05) is 11.6 Å². The molecular formula is C26H28N2O3. The van der Waals surface area contributed by atoms with Gasteiger partial charge in [-0.05, 0) is 53.6 Å². The first-order valence-electron chi connectivity index (χ1n) is 10.5. The maximum absolute atomic E-state index is 12.7. The molecule has 0 saturated carbocycles. The predicted octanol–water partition coefficient (Wildman–Crippen LogP) is 4.06. The van der Waals surface area contributed by atoms with Crippen LogP contribution in [-0.4, -0.2) is 29.1 Å². The molecule has 0 spiro atoms. The Labute approximate surface area is 182 Å². The Balaban J connectivity index is 1.59. The number of hydrogen-bond acceptors (Lipinski definition) is 3. The summed E-state index contributed by atoms with van der Waals surface area (Å²) < 4.78 is 0. The highest BCUT2D eigenvalue weighted by Crippen LogP contribution is 2.20. The summed E-state index contributed by atoms with van der Waals surface area (Å²) in [7, 11) is 0. The van der Waals surface area contributed by atoms with E-state index >= 15 is 0 Å². The average molecular weight is 417 g/mol. The molecule has 0 aliphatic carbocycles. The molecule has 160 valence electrons. The lowest BCUT2D eigenvalue weighted by atomic mass is 9.99. The number of carbonyl (C=O) groups excluding carboxylic acids is 1. The van der Waals surface area contributed by atoms with Gasteiger partial charge < -0.3 is 16.2 Å². The second-order valence-electron chi connectivity index (χ2n) is 7.69. The van der Waals surface area contributed by atoms with Gasteiger partial charge in [0.05, 0.1) is 0 Å². The van der Waals surface area contributed by atoms with Crippen LogP contribution in [-0.2, 0) is 17.6 Å². The summed E-state index contributed by atoms with van der Waals surface area (Å²) in [5.41, 5.74) is 10.4. The summed E-state index contributed by atoms with van der Waals surface area (Å²) in [5.74, 6) is -1.17. The van der Waals surface area contributed by atoms with Gasteiger partial charge in [-0.15, -0.1) is 0 Å². The van der Waals surface area contributed by atoms with Gasteiger partial charge in [0.2, 0.25) is 0 Å². The molecule has 0 bridgehead atoms. The number of carbonyl (C=O) groups is 2. The molecule has 0 heterocycles. The van der Waals surface area contributed by atoms with Crippen LogP contribution in [0, 0.1) is 0 Å². The first kappa shape index (κ1) is 22.2. The van der Waals surface area contributed by atoms with E-state index in [-0.39, 0.29) is 18.4 Å². The fourth-order valence-electron chi connectivity index (χ4n) is 3.45. The van der Waals surface area contributed by atoms with Crippen LogP contribution in [0.5, 0.6) is 0 Å². The van der Waals surface area contributed by atoms with E-state index < -0.39 is 12.0 Å². The number of rotatable bonds is 9. The van der Waals surface area contributed by atoms with Crippen LogP contribution in [0.25, 0.3) is 11.1 Å². The van der Waals surface area contributed by atoms with Crippen molar-refractivity contribution in [1.82, 2.24) is 5.32 Å². The van der Waals surface area contributed by atoms with E-state index in [0.29, 0.717) is 5.56 Å². The fraction of sp³-hybridized carbons (Fsp3) is 0.231. The molecular weight excluding hydrogens is 388 g/mol. The number of hydrogen-bond donors (Lipinski definition) is 3. The van der Waals surface area contributed by atoms with Crippen molar-refractivity contribution in [3.63, 3.8) is 0 Å². The summed E-state index contributed by atoms with van der Waals surface area (Å²) in [6, 6.07) is 24.7.